The van der Waals surface area contributed by atoms with Crippen LogP contribution in [0.2, 0.25) is 0 Å². The predicted octanol–water partition coefficient (Wildman–Crippen LogP) is 3.74. The molecule has 0 bridgehead atoms. The largest absolute Gasteiger partial charge is 0.383 e. The third-order valence-electron chi connectivity index (χ3n) is 8.12. The highest BCUT2D eigenvalue weighted by atomic mass is 32.2. The van der Waals surface area contributed by atoms with E-state index in [1.54, 1.807) is 24.1 Å². The van der Waals surface area contributed by atoms with Crippen LogP contribution in [0, 0.1) is 11.3 Å². The van der Waals surface area contributed by atoms with Gasteiger partial charge in [0.2, 0.25) is 15.9 Å². The lowest BCUT2D eigenvalue weighted by Gasteiger charge is -2.35. The van der Waals surface area contributed by atoms with E-state index in [2.05, 4.69) is 34.5 Å². The van der Waals surface area contributed by atoms with Gasteiger partial charge in [0, 0.05) is 39.6 Å². The van der Waals surface area contributed by atoms with Gasteiger partial charge in [-0.15, -0.1) is 11.3 Å². The number of piperidine rings is 1. The van der Waals surface area contributed by atoms with Gasteiger partial charge in [-0.25, -0.2) is 18.2 Å². The molecule has 42 heavy (non-hydrogen) atoms. The van der Waals surface area contributed by atoms with E-state index in [9.17, 15) is 18.0 Å². The molecule has 12 heteroatoms. The second-order valence-corrected chi connectivity index (χ2v) is 14.8. The molecule has 10 nitrogen and oxygen atoms in total. The maximum absolute atomic E-state index is 13.9. The van der Waals surface area contributed by atoms with Gasteiger partial charge >= 0.3 is 6.03 Å². The summed E-state index contributed by atoms with van der Waals surface area (Å²) in [5.74, 6) is 0.149. The van der Waals surface area contributed by atoms with Crippen LogP contribution in [0.15, 0.2) is 47.4 Å². The Morgan fingerprint density at radius 2 is 1.90 bits per heavy atom. The van der Waals surface area contributed by atoms with Crippen LogP contribution in [0.3, 0.4) is 0 Å². The first-order valence-corrected chi connectivity index (χ1v) is 16.8. The Hall–Kier alpha value is -3.22. The van der Waals surface area contributed by atoms with E-state index in [1.165, 1.54) is 11.3 Å². The Morgan fingerprint density at radius 3 is 2.64 bits per heavy atom. The molecular weight excluding hydrogens is 573 g/mol. The van der Waals surface area contributed by atoms with E-state index in [0.717, 1.165) is 41.5 Å². The van der Waals surface area contributed by atoms with Crippen molar-refractivity contribution in [2.24, 2.45) is 11.3 Å². The molecule has 2 aromatic carbocycles. The van der Waals surface area contributed by atoms with E-state index in [-0.39, 0.29) is 28.7 Å². The number of aromatic nitrogens is 1. The molecule has 1 fully saturated rings. The van der Waals surface area contributed by atoms with E-state index >= 15 is 0 Å². The maximum atomic E-state index is 13.9. The minimum atomic E-state index is -4.03. The number of carbonyl (C=O) groups is 2. The second kappa shape index (κ2) is 12.6. The van der Waals surface area contributed by atoms with Crippen molar-refractivity contribution < 1.29 is 18.0 Å². The fourth-order valence-corrected chi connectivity index (χ4v) is 8.23. The Labute approximate surface area is 251 Å². The zero-order valence-electron chi connectivity index (χ0n) is 24.4. The van der Waals surface area contributed by atoms with Crippen LogP contribution in [0.25, 0.3) is 10.2 Å². The van der Waals surface area contributed by atoms with Crippen molar-refractivity contribution in [2.75, 3.05) is 38.5 Å². The van der Waals surface area contributed by atoms with Gasteiger partial charge in [-0.2, -0.15) is 4.72 Å². The molecule has 4 N–H and O–H groups in total. The number of thiazole rings is 1. The van der Waals surface area contributed by atoms with Crippen molar-refractivity contribution in [2.45, 2.75) is 56.9 Å². The molecule has 1 saturated heterocycles. The molecule has 0 unspecified atom stereocenters. The molecule has 0 spiro atoms. The summed E-state index contributed by atoms with van der Waals surface area (Å²) < 4.78 is 31.6. The Bertz CT molecular complexity index is 1510. The molecule has 0 radical (unpaired) electrons. The van der Waals surface area contributed by atoms with Crippen LogP contribution in [0.5, 0.6) is 0 Å². The summed E-state index contributed by atoms with van der Waals surface area (Å²) >= 11 is 1.48. The fraction of sp³-hybridized carbons (Fsp3) is 0.500. The van der Waals surface area contributed by atoms with Crippen LogP contribution >= 0.6 is 11.3 Å². The van der Waals surface area contributed by atoms with Crippen molar-refractivity contribution >= 4 is 49.2 Å². The van der Waals surface area contributed by atoms with Gasteiger partial charge in [0.05, 0.1) is 20.9 Å². The number of benzene rings is 2. The van der Waals surface area contributed by atoms with Crippen LogP contribution in [0.1, 0.15) is 43.7 Å². The van der Waals surface area contributed by atoms with Crippen molar-refractivity contribution in [1.29, 1.82) is 0 Å². The Kier molecular flexibility index (Phi) is 9.05. The van der Waals surface area contributed by atoms with Crippen molar-refractivity contribution in [3.8, 4) is 0 Å². The lowest BCUT2D eigenvalue weighted by molar-refractivity contribution is -0.134. The number of nitrogens with zero attached hydrogens (tertiary/aromatic N) is 2. The molecule has 5 rings (SSSR count). The van der Waals surface area contributed by atoms with E-state index in [4.69, 9.17) is 4.98 Å². The number of sulfonamides is 1. The molecule has 1 aromatic heterocycles. The van der Waals surface area contributed by atoms with Crippen LogP contribution in [-0.2, 0) is 27.7 Å². The Morgan fingerprint density at radius 1 is 1.14 bits per heavy atom. The number of nitrogens with one attached hydrogen (secondary N) is 4. The van der Waals surface area contributed by atoms with Gasteiger partial charge in [0.15, 0.2) is 0 Å². The molecule has 0 saturated carbocycles. The highest BCUT2D eigenvalue weighted by molar-refractivity contribution is 7.89. The van der Waals surface area contributed by atoms with Crippen LogP contribution < -0.4 is 20.7 Å². The quantitative estimate of drug-likeness (QED) is 0.291. The maximum Gasteiger partial charge on any atom is 0.314 e. The van der Waals surface area contributed by atoms with E-state index in [0.29, 0.717) is 42.8 Å². The Balaban J connectivity index is 1.35. The summed E-state index contributed by atoms with van der Waals surface area (Å²) in [6, 6.07) is 11.9. The minimum absolute atomic E-state index is 0.0127. The van der Waals surface area contributed by atoms with Gasteiger partial charge < -0.3 is 20.9 Å². The zero-order valence-corrected chi connectivity index (χ0v) is 26.0. The lowest BCUT2D eigenvalue weighted by atomic mass is 9.82. The third kappa shape index (κ3) is 7.04. The topological polar surface area (TPSA) is 133 Å². The monoisotopic (exact) mass is 612 g/mol. The molecule has 2 aliphatic rings. The molecule has 0 aliphatic carbocycles. The van der Waals surface area contributed by atoms with Crippen molar-refractivity contribution in [3.05, 3.63) is 53.0 Å². The highest BCUT2D eigenvalue weighted by Gasteiger charge is 2.35. The first-order chi connectivity index (χ1) is 20.0. The molecule has 226 valence electrons. The SMILES string of the molecule is CNC(=O)NCCC1CCN(C(=O)[C@H](Cc2nc3ccccc3s2)NS(=O)(=O)c2cccc3c2NCC(C)(C)C3)CC1. The highest BCUT2D eigenvalue weighted by Crippen LogP contribution is 2.36. The average molecular weight is 613 g/mol. The number of urea groups is 1. The van der Waals surface area contributed by atoms with Gasteiger partial charge in [-0.05, 0) is 60.8 Å². The first kappa shape index (κ1) is 30.2. The molecule has 2 aliphatic heterocycles. The number of para-hydroxylation sites is 2. The minimum Gasteiger partial charge on any atom is -0.383 e. The molecule has 1 atom stereocenters. The van der Waals surface area contributed by atoms with Gasteiger partial charge in [0.1, 0.15) is 10.9 Å². The second-order valence-electron chi connectivity index (χ2n) is 12.0. The number of fused-ring (bicyclic) bond motifs is 2. The summed E-state index contributed by atoms with van der Waals surface area (Å²) in [4.78, 5) is 32.0. The smallest absolute Gasteiger partial charge is 0.314 e. The van der Waals surface area contributed by atoms with E-state index in [1.807, 2.05) is 30.3 Å². The third-order valence-corrected chi connectivity index (χ3v) is 10.7. The summed E-state index contributed by atoms with van der Waals surface area (Å²) in [5.41, 5.74) is 2.41. The summed E-state index contributed by atoms with van der Waals surface area (Å²) in [6.07, 6.45) is 3.37. The van der Waals surface area contributed by atoms with E-state index < -0.39 is 16.1 Å². The molecule has 3 aromatic rings. The number of amides is 3. The summed E-state index contributed by atoms with van der Waals surface area (Å²) in [5, 5.41) is 9.42. The predicted molar refractivity (Wildman–Crippen MR) is 166 cm³/mol. The summed E-state index contributed by atoms with van der Waals surface area (Å²) in [7, 11) is -2.45. The molecule has 3 amide bonds. The fourth-order valence-electron chi connectivity index (χ4n) is 5.81. The first-order valence-electron chi connectivity index (χ1n) is 14.5. The average Bonchev–Trinajstić information content (AvgIpc) is 3.38. The van der Waals surface area contributed by atoms with Gasteiger partial charge in [-0.1, -0.05) is 38.1 Å². The number of anilines is 1. The standard InChI is InChI=1S/C30H40N6O4S2/c1-30(2)18-21-7-6-10-25(27(21)33-19-30)42(39,40)35-23(17-26-34-22-8-4-5-9-24(22)41-26)28(37)36-15-12-20(13-16-36)11-14-32-29(38)31-3/h4-10,20,23,33,35H,11-19H2,1-3H3,(H2,31,32,38)/t23-/m0/s1. The number of likely N-dealkylation sites (tertiary alicyclic amines) is 1. The number of hydrogen-bond acceptors (Lipinski definition) is 7. The lowest BCUT2D eigenvalue weighted by Crippen LogP contribution is -2.51. The number of hydrogen-bond donors (Lipinski definition) is 4. The zero-order chi connectivity index (χ0) is 29.9. The molecule has 3 heterocycles. The van der Waals surface area contributed by atoms with Gasteiger partial charge in [0.25, 0.3) is 0 Å². The number of carbonyl (C=O) groups excluding carboxylic acids is 2. The van der Waals surface area contributed by atoms with Crippen LogP contribution in [0.4, 0.5) is 10.5 Å². The summed E-state index contributed by atoms with van der Waals surface area (Å²) in [6.45, 7) is 6.62. The van der Waals surface area contributed by atoms with Crippen LogP contribution in [-0.4, -0.2) is 69.5 Å². The van der Waals surface area contributed by atoms with Gasteiger partial charge in [-0.3, -0.25) is 4.79 Å². The molecular formula is C30H40N6O4S2. The number of rotatable bonds is 9. The normalized spacial score (nSPS) is 17.7. The van der Waals surface area contributed by atoms with Crippen molar-refractivity contribution in [3.63, 3.8) is 0 Å². The van der Waals surface area contributed by atoms with Crippen molar-refractivity contribution in [1.82, 2.24) is 25.2 Å².